The van der Waals surface area contributed by atoms with Crippen molar-refractivity contribution < 1.29 is 0 Å². The molecule has 1 aromatic heterocycles. The van der Waals surface area contributed by atoms with Crippen molar-refractivity contribution in [3.05, 3.63) is 70.4 Å². The molecule has 0 saturated carbocycles. The van der Waals surface area contributed by atoms with Gasteiger partial charge in [-0.2, -0.15) is 0 Å². The molecule has 1 heterocycles. The molecule has 0 spiro atoms. The molecule has 100 valence electrons. The third-order valence-electron chi connectivity index (χ3n) is 3.61. The highest BCUT2D eigenvalue weighted by Gasteiger charge is 2.10. The van der Waals surface area contributed by atoms with Gasteiger partial charge in [0.1, 0.15) is 0 Å². The van der Waals surface area contributed by atoms with Crippen molar-refractivity contribution in [2.24, 2.45) is 0 Å². The van der Waals surface area contributed by atoms with Gasteiger partial charge < -0.3 is 4.98 Å². The van der Waals surface area contributed by atoms with Gasteiger partial charge in [-0.25, -0.2) is 0 Å². The summed E-state index contributed by atoms with van der Waals surface area (Å²) < 4.78 is 0. The van der Waals surface area contributed by atoms with Gasteiger partial charge in [0, 0.05) is 28.2 Å². The fraction of sp³-hybridized carbons (Fsp3) is 0.167. The monoisotopic (exact) mass is 263 g/mol. The molecule has 0 aliphatic carbocycles. The third kappa shape index (κ3) is 2.14. The molecule has 0 aliphatic rings. The first-order chi connectivity index (χ1) is 9.66. The minimum absolute atomic E-state index is 0.0629. The third-order valence-corrected chi connectivity index (χ3v) is 3.61. The molecule has 0 amide bonds. The molecule has 0 bridgehead atoms. The molecule has 0 atom stereocenters. The van der Waals surface area contributed by atoms with Gasteiger partial charge in [0.2, 0.25) is 0 Å². The number of hydrogen-bond donors (Lipinski definition) is 1. The van der Waals surface area contributed by atoms with Gasteiger partial charge in [0.15, 0.2) is 5.43 Å². The Kier molecular flexibility index (Phi) is 3.15. The Morgan fingerprint density at radius 3 is 2.45 bits per heavy atom. The van der Waals surface area contributed by atoms with E-state index in [9.17, 15) is 4.79 Å². The molecule has 3 rings (SSSR count). The van der Waals surface area contributed by atoms with Crippen molar-refractivity contribution in [2.75, 3.05) is 0 Å². The maximum absolute atomic E-state index is 12.2. The molecule has 0 radical (unpaired) electrons. The predicted octanol–water partition coefficient (Wildman–Crippen LogP) is 4.32. The van der Waals surface area contributed by atoms with Gasteiger partial charge >= 0.3 is 0 Å². The Labute approximate surface area is 118 Å². The summed E-state index contributed by atoms with van der Waals surface area (Å²) in [6.07, 6.45) is 0. The molecule has 2 nitrogen and oxygen atoms in total. The van der Waals surface area contributed by atoms with Crippen molar-refractivity contribution >= 4 is 10.9 Å². The zero-order valence-corrected chi connectivity index (χ0v) is 11.7. The van der Waals surface area contributed by atoms with E-state index in [1.807, 2.05) is 36.4 Å². The number of rotatable bonds is 2. The number of H-pyrrole nitrogens is 1. The Morgan fingerprint density at radius 1 is 0.950 bits per heavy atom. The van der Waals surface area contributed by atoms with E-state index in [0.29, 0.717) is 5.92 Å². The van der Waals surface area contributed by atoms with Crippen LogP contribution in [-0.4, -0.2) is 4.98 Å². The molecule has 2 aromatic carbocycles. The van der Waals surface area contributed by atoms with Crippen LogP contribution in [0.2, 0.25) is 0 Å². The van der Waals surface area contributed by atoms with Gasteiger partial charge in [-0.3, -0.25) is 4.79 Å². The first kappa shape index (κ1) is 12.7. The van der Waals surface area contributed by atoms with Crippen LogP contribution in [-0.2, 0) is 0 Å². The Balaban J connectivity index is 2.28. The summed E-state index contributed by atoms with van der Waals surface area (Å²) in [5.41, 5.74) is 4.18. The van der Waals surface area contributed by atoms with Crippen molar-refractivity contribution in [1.29, 1.82) is 0 Å². The van der Waals surface area contributed by atoms with E-state index < -0.39 is 0 Å². The first-order valence-electron chi connectivity index (χ1n) is 6.88. The Hall–Kier alpha value is -2.35. The van der Waals surface area contributed by atoms with Crippen LogP contribution in [0.3, 0.4) is 0 Å². The number of para-hydroxylation sites is 1. The number of pyridine rings is 1. The lowest BCUT2D eigenvalue weighted by molar-refractivity contribution is 0.868. The minimum atomic E-state index is 0.0629. The van der Waals surface area contributed by atoms with E-state index in [1.54, 1.807) is 6.07 Å². The lowest BCUT2D eigenvalue weighted by atomic mass is 9.95. The normalized spacial score (nSPS) is 11.2. The molecule has 0 fully saturated rings. The molecule has 2 heteroatoms. The van der Waals surface area contributed by atoms with Crippen LogP contribution in [0, 0.1) is 0 Å². The minimum Gasteiger partial charge on any atom is -0.354 e. The second kappa shape index (κ2) is 4.97. The largest absolute Gasteiger partial charge is 0.354 e. The summed E-state index contributed by atoms with van der Waals surface area (Å²) in [4.78, 5) is 15.6. The number of aromatic nitrogens is 1. The zero-order chi connectivity index (χ0) is 14.1. The van der Waals surface area contributed by atoms with Crippen molar-refractivity contribution in [3.63, 3.8) is 0 Å². The van der Waals surface area contributed by atoms with E-state index in [-0.39, 0.29) is 5.43 Å². The summed E-state index contributed by atoms with van der Waals surface area (Å²) >= 11 is 0. The van der Waals surface area contributed by atoms with Gasteiger partial charge in [-0.15, -0.1) is 0 Å². The highest BCUT2D eigenvalue weighted by Crippen LogP contribution is 2.27. The molecule has 0 unspecified atom stereocenters. The van der Waals surface area contributed by atoms with Crippen LogP contribution in [0.1, 0.15) is 25.3 Å². The van der Waals surface area contributed by atoms with E-state index in [1.165, 1.54) is 5.56 Å². The van der Waals surface area contributed by atoms with Crippen LogP contribution in [0.25, 0.3) is 22.2 Å². The van der Waals surface area contributed by atoms with Crippen molar-refractivity contribution in [3.8, 4) is 11.3 Å². The predicted molar refractivity (Wildman–Crippen MR) is 84.1 cm³/mol. The molecular formula is C18H17NO. The zero-order valence-electron chi connectivity index (χ0n) is 11.7. The maximum Gasteiger partial charge on any atom is 0.190 e. The standard InChI is InChI=1S/C18H17NO/c1-12(2)13-7-3-4-8-14(13)17-11-18(20)15-9-5-6-10-16(15)19-17/h3-12H,1-2H3,(H,19,20). The number of benzene rings is 2. The Morgan fingerprint density at radius 2 is 1.65 bits per heavy atom. The van der Waals surface area contributed by atoms with Crippen LogP contribution in [0.5, 0.6) is 0 Å². The molecule has 20 heavy (non-hydrogen) atoms. The lowest BCUT2D eigenvalue weighted by Crippen LogP contribution is -2.04. The average Bonchev–Trinajstić information content (AvgIpc) is 2.47. The summed E-state index contributed by atoms with van der Waals surface area (Å²) in [5.74, 6) is 0.418. The number of hydrogen-bond acceptors (Lipinski definition) is 1. The molecular weight excluding hydrogens is 246 g/mol. The summed E-state index contributed by atoms with van der Waals surface area (Å²) in [7, 11) is 0. The van der Waals surface area contributed by atoms with Gasteiger partial charge in [0.05, 0.1) is 0 Å². The van der Waals surface area contributed by atoms with Gasteiger partial charge in [-0.1, -0.05) is 50.2 Å². The maximum atomic E-state index is 12.2. The smallest absolute Gasteiger partial charge is 0.190 e. The number of nitrogens with one attached hydrogen (secondary N) is 1. The van der Waals surface area contributed by atoms with Crippen LogP contribution < -0.4 is 5.43 Å². The van der Waals surface area contributed by atoms with Crippen LogP contribution in [0.15, 0.2) is 59.4 Å². The number of fused-ring (bicyclic) bond motifs is 1. The Bertz CT molecular complexity index is 815. The molecule has 0 aliphatic heterocycles. The SMILES string of the molecule is CC(C)c1ccccc1-c1cc(=O)c2ccccc2[nH]1. The average molecular weight is 263 g/mol. The highest BCUT2D eigenvalue weighted by molar-refractivity contribution is 5.81. The highest BCUT2D eigenvalue weighted by atomic mass is 16.1. The van der Waals surface area contributed by atoms with E-state index in [0.717, 1.165) is 22.2 Å². The summed E-state index contributed by atoms with van der Waals surface area (Å²) in [6.45, 7) is 4.33. The molecule has 3 aromatic rings. The fourth-order valence-corrected chi connectivity index (χ4v) is 2.59. The molecule has 0 saturated heterocycles. The van der Waals surface area contributed by atoms with Gasteiger partial charge in [0.25, 0.3) is 0 Å². The fourth-order valence-electron chi connectivity index (χ4n) is 2.59. The van der Waals surface area contributed by atoms with Crippen LogP contribution in [0.4, 0.5) is 0 Å². The van der Waals surface area contributed by atoms with Crippen molar-refractivity contribution in [2.45, 2.75) is 19.8 Å². The summed E-state index contributed by atoms with van der Waals surface area (Å²) in [5, 5.41) is 0.735. The van der Waals surface area contributed by atoms with E-state index >= 15 is 0 Å². The van der Waals surface area contributed by atoms with E-state index in [2.05, 4.69) is 31.0 Å². The van der Waals surface area contributed by atoms with E-state index in [4.69, 9.17) is 0 Å². The second-order valence-corrected chi connectivity index (χ2v) is 5.33. The summed E-state index contributed by atoms with van der Waals surface area (Å²) in [6, 6.07) is 17.6. The van der Waals surface area contributed by atoms with Crippen LogP contribution >= 0.6 is 0 Å². The second-order valence-electron chi connectivity index (χ2n) is 5.33. The van der Waals surface area contributed by atoms with Crippen molar-refractivity contribution in [1.82, 2.24) is 4.98 Å². The topological polar surface area (TPSA) is 32.9 Å². The first-order valence-corrected chi connectivity index (χ1v) is 6.88. The van der Waals surface area contributed by atoms with Gasteiger partial charge in [-0.05, 0) is 23.6 Å². The lowest BCUT2D eigenvalue weighted by Gasteiger charge is -2.13. The number of aromatic amines is 1. The quantitative estimate of drug-likeness (QED) is 0.734. The molecule has 1 N–H and O–H groups in total.